The molecule has 0 radical (unpaired) electrons. The SMILES string of the molecule is CCCNC(c1ccc(F)c(F)c1Br)C(C)CCC. The van der Waals surface area contributed by atoms with Crippen molar-refractivity contribution in [2.45, 2.75) is 46.1 Å². The van der Waals surface area contributed by atoms with Gasteiger partial charge in [0.15, 0.2) is 11.6 Å². The summed E-state index contributed by atoms with van der Waals surface area (Å²) in [5, 5.41) is 3.44. The zero-order valence-electron chi connectivity index (χ0n) is 11.8. The van der Waals surface area contributed by atoms with E-state index in [0.29, 0.717) is 5.92 Å². The van der Waals surface area contributed by atoms with Crippen molar-refractivity contribution in [2.24, 2.45) is 5.92 Å². The van der Waals surface area contributed by atoms with Crippen LogP contribution in [0.1, 0.15) is 51.6 Å². The lowest BCUT2D eigenvalue weighted by atomic mass is 9.90. The number of benzene rings is 1. The zero-order chi connectivity index (χ0) is 14.4. The van der Waals surface area contributed by atoms with Gasteiger partial charge in [0.2, 0.25) is 0 Å². The van der Waals surface area contributed by atoms with Gasteiger partial charge in [-0.15, -0.1) is 0 Å². The molecule has 0 saturated carbocycles. The van der Waals surface area contributed by atoms with E-state index in [1.165, 1.54) is 6.07 Å². The molecule has 1 N–H and O–H groups in total. The summed E-state index contributed by atoms with van der Waals surface area (Å²) in [7, 11) is 0. The van der Waals surface area contributed by atoms with Crippen LogP contribution in [-0.4, -0.2) is 6.54 Å². The number of hydrogen-bond acceptors (Lipinski definition) is 1. The number of nitrogens with one attached hydrogen (secondary N) is 1. The van der Waals surface area contributed by atoms with E-state index in [2.05, 4.69) is 42.0 Å². The third-order valence-corrected chi connectivity index (χ3v) is 4.13. The molecule has 2 unspecified atom stereocenters. The summed E-state index contributed by atoms with van der Waals surface area (Å²) < 4.78 is 27.1. The molecule has 108 valence electrons. The molecule has 0 aliphatic rings. The maximum atomic E-state index is 13.7. The van der Waals surface area contributed by atoms with Gasteiger partial charge in [0.05, 0.1) is 4.47 Å². The molecule has 1 nitrogen and oxygen atoms in total. The van der Waals surface area contributed by atoms with Crippen molar-refractivity contribution in [2.75, 3.05) is 6.54 Å². The molecule has 0 aliphatic carbocycles. The summed E-state index contributed by atoms with van der Waals surface area (Å²) in [5.74, 6) is -1.24. The normalized spacial score (nSPS) is 14.4. The summed E-state index contributed by atoms with van der Waals surface area (Å²) >= 11 is 3.19. The second-order valence-electron chi connectivity index (χ2n) is 4.96. The predicted molar refractivity (Wildman–Crippen MR) is 79.2 cm³/mol. The van der Waals surface area contributed by atoms with Crippen LogP contribution in [0, 0.1) is 17.6 Å². The molecule has 4 heteroatoms. The van der Waals surface area contributed by atoms with E-state index in [1.807, 2.05) is 0 Å². The molecule has 0 bridgehead atoms. The van der Waals surface area contributed by atoms with Gasteiger partial charge in [-0.05, 0) is 52.9 Å². The molecular weight excluding hydrogens is 312 g/mol. The molecule has 1 rings (SSSR count). The van der Waals surface area contributed by atoms with E-state index < -0.39 is 11.6 Å². The highest BCUT2D eigenvalue weighted by Crippen LogP contribution is 2.33. The lowest BCUT2D eigenvalue weighted by Gasteiger charge is -2.26. The second-order valence-corrected chi connectivity index (χ2v) is 5.76. The van der Waals surface area contributed by atoms with Crippen LogP contribution in [0.5, 0.6) is 0 Å². The molecular formula is C15H22BrF2N. The van der Waals surface area contributed by atoms with E-state index in [0.717, 1.165) is 31.4 Å². The third-order valence-electron chi connectivity index (χ3n) is 3.33. The largest absolute Gasteiger partial charge is 0.310 e. The van der Waals surface area contributed by atoms with Gasteiger partial charge in [-0.3, -0.25) is 0 Å². The van der Waals surface area contributed by atoms with Crippen LogP contribution in [0.25, 0.3) is 0 Å². The Morgan fingerprint density at radius 3 is 2.47 bits per heavy atom. The van der Waals surface area contributed by atoms with Crippen LogP contribution in [0.15, 0.2) is 16.6 Å². The topological polar surface area (TPSA) is 12.0 Å². The van der Waals surface area contributed by atoms with Crippen LogP contribution in [-0.2, 0) is 0 Å². The number of halogens is 3. The highest BCUT2D eigenvalue weighted by Gasteiger charge is 2.23. The Bertz CT molecular complexity index is 409. The van der Waals surface area contributed by atoms with Crippen molar-refractivity contribution >= 4 is 15.9 Å². The van der Waals surface area contributed by atoms with E-state index in [9.17, 15) is 8.78 Å². The summed E-state index contributed by atoms with van der Waals surface area (Å²) in [5.41, 5.74) is 0.799. The Hall–Kier alpha value is -0.480. The van der Waals surface area contributed by atoms with Crippen LogP contribution in [0.3, 0.4) is 0 Å². The Morgan fingerprint density at radius 1 is 1.21 bits per heavy atom. The van der Waals surface area contributed by atoms with E-state index >= 15 is 0 Å². The fraction of sp³-hybridized carbons (Fsp3) is 0.600. The monoisotopic (exact) mass is 333 g/mol. The van der Waals surface area contributed by atoms with Crippen molar-refractivity contribution in [1.82, 2.24) is 5.32 Å². The molecule has 0 aliphatic heterocycles. The van der Waals surface area contributed by atoms with Gasteiger partial charge in [0, 0.05) is 6.04 Å². The molecule has 2 atom stereocenters. The van der Waals surface area contributed by atoms with Gasteiger partial charge in [-0.2, -0.15) is 0 Å². The van der Waals surface area contributed by atoms with E-state index in [4.69, 9.17) is 0 Å². The molecule has 0 amide bonds. The average Bonchev–Trinajstić information content (AvgIpc) is 2.39. The summed E-state index contributed by atoms with van der Waals surface area (Å²) in [6.45, 7) is 7.23. The maximum Gasteiger partial charge on any atom is 0.173 e. The minimum Gasteiger partial charge on any atom is -0.310 e. The Balaban J connectivity index is 3.06. The van der Waals surface area contributed by atoms with Crippen molar-refractivity contribution in [1.29, 1.82) is 0 Å². The van der Waals surface area contributed by atoms with Crippen LogP contribution < -0.4 is 5.32 Å². The van der Waals surface area contributed by atoms with Gasteiger partial charge in [0.25, 0.3) is 0 Å². The predicted octanol–water partition coefficient (Wildman–Crippen LogP) is 5.20. The second kappa shape index (κ2) is 7.95. The zero-order valence-corrected chi connectivity index (χ0v) is 13.4. The van der Waals surface area contributed by atoms with Gasteiger partial charge in [-0.25, -0.2) is 8.78 Å². The first kappa shape index (κ1) is 16.6. The van der Waals surface area contributed by atoms with Gasteiger partial charge in [0.1, 0.15) is 0 Å². The minimum absolute atomic E-state index is 0.0457. The number of hydrogen-bond donors (Lipinski definition) is 1. The first-order valence-electron chi connectivity index (χ1n) is 6.89. The molecule has 1 aromatic carbocycles. The highest BCUT2D eigenvalue weighted by molar-refractivity contribution is 9.10. The Morgan fingerprint density at radius 2 is 1.89 bits per heavy atom. The molecule has 0 heterocycles. The molecule has 0 aromatic heterocycles. The quantitative estimate of drug-likeness (QED) is 0.676. The molecule has 0 fully saturated rings. The minimum atomic E-state index is -0.812. The third kappa shape index (κ3) is 4.25. The highest BCUT2D eigenvalue weighted by atomic mass is 79.9. The molecule has 1 aromatic rings. The summed E-state index contributed by atoms with van der Waals surface area (Å²) in [6, 6.07) is 2.92. The maximum absolute atomic E-state index is 13.7. The summed E-state index contributed by atoms with van der Waals surface area (Å²) in [4.78, 5) is 0. The fourth-order valence-corrected chi connectivity index (χ4v) is 2.89. The Labute approximate surface area is 122 Å². The lowest BCUT2D eigenvalue weighted by Crippen LogP contribution is -2.28. The summed E-state index contributed by atoms with van der Waals surface area (Å²) in [6.07, 6.45) is 3.14. The molecule has 0 saturated heterocycles. The standard InChI is InChI=1S/C15H22BrF2N/c1-4-6-10(3)15(19-9-5-2)11-7-8-12(17)14(18)13(11)16/h7-8,10,15,19H,4-6,9H2,1-3H3. The Kier molecular flexibility index (Phi) is 6.94. The van der Waals surface area contributed by atoms with Crippen molar-refractivity contribution in [3.8, 4) is 0 Å². The smallest absolute Gasteiger partial charge is 0.173 e. The average molecular weight is 334 g/mol. The fourth-order valence-electron chi connectivity index (χ4n) is 2.32. The van der Waals surface area contributed by atoms with E-state index in [1.54, 1.807) is 6.07 Å². The van der Waals surface area contributed by atoms with Crippen molar-refractivity contribution in [3.05, 3.63) is 33.8 Å². The first-order chi connectivity index (χ1) is 9.02. The van der Waals surface area contributed by atoms with Gasteiger partial charge in [-0.1, -0.05) is 33.3 Å². The van der Waals surface area contributed by atoms with Crippen LogP contribution in [0.2, 0.25) is 0 Å². The van der Waals surface area contributed by atoms with Gasteiger partial charge >= 0.3 is 0 Å². The van der Waals surface area contributed by atoms with Crippen LogP contribution in [0.4, 0.5) is 8.78 Å². The van der Waals surface area contributed by atoms with E-state index in [-0.39, 0.29) is 10.5 Å². The van der Waals surface area contributed by atoms with Crippen LogP contribution >= 0.6 is 15.9 Å². The molecule has 0 spiro atoms. The molecule has 19 heavy (non-hydrogen) atoms. The van der Waals surface area contributed by atoms with Gasteiger partial charge < -0.3 is 5.32 Å². The number of rotatable bonds is 7. The van der Waals surface area contributed by atoms with Crippen molar-refractivity contribution < 1.29 is 8.78 Å². The first-order valence-corrected chi connectivity index (χ1v) is 7.68. The van der Waals surface area contributed by atoms with Crippen molar-refractivity contribution in [3.63, 3.8) is 0 Å². The lowest BCUT2D eigenvalue weighted by molar-refractivity contribution is 0.359.